The third-order valence-corrected chi connectivity index (χ3v) is 2.86. The fourth-order valence-corrected chi connectivity index (χ4v) is 1.95. The summed E-state index contributed by atoms with van der Waals surface area (Å²) >= 11 is 6.44. The van der Waals surface area contributed by atoms with Gasteiger partial charge in [0.05, 0.1) is 11.6 Å². The van der Waals surface area contributed by atoms with Gasteiger partial charge in [-0.3, -0.25) is 0 Å². The van der Waals surface area contributed by atoms with Gasteiger partial charge >= 0.3 is 7.12 Å². The second-order valence-electron chi connectivity index (χ2n) is 2.38. The summed E-state index contributed by atoms with van der Waals surface area (Å²) < 4.78 is 6.30. The average molecular weight is 310 g/mol. The van der Waals surface area contributed by atoms with E-state index in [1.807, 2.05) is 0 Å². The molecule has 2 N–H and O–H groups in total. The predicted molar refractivity (Wildman–Crippen MR) is 58.2 cm³/mol. The van der Waals surface area contributed by atoms with Crippen LogP contribution in [0, 0.1) is 0 Å². The second kappa shape index (κ2) is 4.46. The van der Waals surface area contributed by atoms with Gasteiger partial charge in [0.15, 0.2) is 0 Å². The molecule has 3 nitrogen and oxygen atoms in total. The monoisotopic (exact) mass is 308 g/mol. The van der Waals surface area contributed by atoms with Crippen LogP contribution in [0.2, 0.25) is 0 Å². The molecular weight excluding hydrogens is 303 g/mol. The highest BCUT2D eigenvalue weighted by molar-refractivity contribution is 9.11. The quantitative estimate of drug-likeness (QED) is 0.798. The van der Waals surface area contributed by atoms with Gasteiger partial charge in [0.2, 0.25) is 0 Å². The molecule has 0 aromatic heterocycles. The van der Waals surface area contributed by atoms with Gasteiger partial charge in [0.25, 0.3) is 0 Å². The maximum atomic E-state index is 8.96. The summed E-state index contributed by atoms with van der Waals surface area (Å²) in [6.45, 7) is 0. The lowest BCUT2D eigenvalue weighted by atomic mass is 9.80. The first-order chi connectivity index (χ1) is 6.06. The first-order valence-corrected chi connectivity index (χ1v) is 5.04. The van der Waals surface area contributed by atoms with Crippen molar-refractivity contribution in [1.82, 2.24) is 0 Å². The third kappa shape index (κ3) is 2.46. The maximum absolute atomic E-state index is 8.96. The molecule has 0 aliphatic rings. The fourth-order valence-electron chi connectivity index (χ4n) is 0.898. The van der Waals surface area contributed by atoms with E-state index in [1.165, 1.54) is 0 Å². The van der Waals surface area contributed by atoms with Crippen molar-refractivity contribution in [1.29, 1.82) is 0 Å². The summed E-state index contributed by atoms with van der Waals surface area (Å²) in [6, 6.07) is 3.26. The van der Waals surface area contributed by atoms with Crippen LogP contribution in [0.15, 0.2) is 21.1 Å². The van der Waals surface area contributed by atoms with Crippen LogP contribution < -0.4 is 10.2 Å². The summed E-state index contributed by atoms with van der Waals surface area (Å²) in [6.07, 6.45) is 0. The molecule has 0 aliphatic carbocycles. The van der Waals surface area contributed by atoms with Crippen molar-refractivity contribution in [2.24, 2.45) is 0 Å². The minimum atomic E-state index is -1.49. The van der Waals surface area contributed by atoms with Gasteiger partial charge in [-0.05, 0) is 33.5 Å². The van der Waals surface area contributed by atoms with Crippen molar-refractivity contribution < 1.29 is 14.8 Å². The van der Waals surface area contributed by atoms with Gasteiger partial charge in [-0.2, -0.15) is 0 Å². The first-order valence-electron chi connectivity index (χ1n) is 3.45. The van der Waals surface area contributed by atoms with Crippen molar-refractivity contribution in [2.75, 3.05) is 7.11 Å². The molecule has 0 fully saturated rings. The normalized spacial score (nSPS) is 9.92. The second-order valence-corrected chi connectivity index (χ2v) is 4.09. The number of hydrogen-bond acceptors (Lipinski definition) is 3. The molecule has 0 heterocycles. The zero-order chi connectivity index (χ0) is 10.0. The van der Waals surface area contributed by atoms with Crippen LogP contribution in [0.3, 0.4) is 0 Å². The molecule has 0 spiro atoms. The Bertz CT molecular complexity index is 317. The topological polar surface area (TPSA) is 49.7 Å². The largest absolute Gasteiger partial charge is 0.496 e. The molecule has 6 heteroatoms. The number of methoxy groups -OCH3 is 1. The molecule has 0 atom stereocenters. The third-order valence-electron chi connectivity index (χ3n) is 1.55. The minimum Gasteiger partial charge on any atom is -0.496 e. The molecule has 0 bridgehead atoms. The summed E-state index contributed by atoms with van der Waals surface area (Å²) in [4.78, 5) is 0. The zero-order valence-corrected chi connectivity index (χ0v) is 9.96. The molecule has 70 valence electrons. The van der Waals surface area contributed by atoms with Gasteiger partial charge in [0.1, 0.15) is 5.75 Å². The van der Waals surface area contributed by atoms with Crippen LogP contribution in [-0.2, 0) is 0 Å². The number of ether oxygens (including phenoxy) is 1. The Kier molecular flexibility index (Phi) is 3.79. The maximum Gasteiger partial charge on any atom is 0.489 e. The molecule has 1 aromatic rings. The summed E-state index contributed by atoms with van der Waals surface area (Å²) in [7, 11) is 0.0540. The smallest absolute Gasteiger partial charge is 0.489 e. The molecule has 0 unspecified atom stereocenters. The van der Waals surface area contributed by atoms with Crippen LogP contribution in [0.1, 0.15) is 0 Å². The van der Waals surface area contributed by atoms with Gasteiger partial charge in [-0.1, -0.05) is 15.9 Å². The molecule has 1 rings (SSSR count). The Labute approximate surface area is 93.1 Å². The van der Waals surface area contributed by atoms with Crippen LogP contribution in [-0.4, -0.2) is 24.3 Å². The average Bonchev–Trinajstić information content (AvgIpc) is 2.07. The lowest BCUT2D eigenvalue weighted by molar-refractivity contribution is 0.411. The van der Waals surface area contributed by atoms with Crippen LogP contribution >= 0.6 is 31.9 Å². The van der Waals surface area contributed by atoms with Crippen molar-refractivity contribution in [3.63, 3.8) is 0 Å². The highest BCUT2D eigenvalue weighted by atomic mass is 79.9. The zero-order valence-electron chi connectivity index (χ0n) is 6.79. The fraction of sp³-hybridized carbons (Fsp3) is 0.143. The lowest BCUT2D eigenvalue weighted by Crippen LogP contribution is -2.31. The van der Waals surface area contributed by atoms with Gasteiger partial charge < -0.3 is 14.8 Å². The first kappa shape index (κ1) is 11.0. The van der Waals surface area contributed by atoms with E-state index in [4.69, 9.17) is 14.8 Å². The van der Waals surface area contributed by atoms with E-state index in [2.05, 4.69) is 31.9 Å². The van der Waals surface area contributed by atoms with Gasteiger partial charge in [0, 0.05) is 4.47 Å². The van der Waals surface area contributed by atoms with Gasteiger partial charge in [-0.15, -0.1) is 0 Å². The molecular formula is C7H7BBr2O3. The number of hydrogen-bond donors (Lipinski definition) is 2. The lowest BCUT2D eigenvalue weighted by Gasteiger charge is -2.08. The highest BCUT2D eigenvalue weighted by Crippen LogP contribution is 2.26. The number of halogens is 2. The number of rotatable bonds is 2. The highest BCUT2D eigenvalue weighted by Gasteiger charge is 2.17. The summed E-state index contributed by atoms with van der Waals surface area (Å²) in [5.74, 6) is 0.635. The summed E-state index contributed by atoms with van der Waals surface area (Å²) in [5.41, 5.74) is 0.396. The van der Waals surface area contributed by atoms with Crippen molar-refractivity contribution >= 4 is 44.4 Å². The van der Waals surface area contributed by atoms with Crippen molar-refractivity contribution in [2.45, 2.75) is 0 Å². The van der Waals surface area contributed by atoms with E-state index in [0.29, 0.717) is 20.2 Å². The Morgan fingerprint density at radius 3 is 2.31 bits per heavy atom. The van der Waals surface area contributed by atoms with E-state index in [9.17, 15) is 0 Å². The van der Waals surface area contributed by atoms with E-state index in [-0.39, 0.29) is 0 Å². The SMILES string of the molecule is COc1cc(Br)c(B(O)O)cc1Br. The van der Waals surface area contributed by atoms with E-state index in [1.54, 1.807) is 19.2 Å². The standard InChI is InChI=1S/C7H7BBr2O3/c1-13-7-3-5(9)4(8(11)12)2-6(7)10/h2-3,11-12H,1H3. The van der Waals surface area contributed by atoms with Gasteiger partial charge in [-0.25, -0.2) is 0 Å². The molecule has 0 radical (unpaired) electrons. The summed E-state index contributed by atoms with van der Waals surface area (Å²) in [5, 5.41) is 17.9. The molecule has 0 saturated heterocycles. The molecule has 0 saturated carbocycles. The minimum absolute atomic E-state index is 0.396. The molecule has 13 heavy (non-hydrogen) atoms. The Balaban J connectivity index is 3.20. The number of benzene rings is 1. The van der Waals surface area contributed by atoms with Crippen LogP contribution in [0.5, 0.6) is 5.75 Å². The molecule has 0 aliphatic heterocycles. The van der Waals surface area contributed by atoms with E-state index < -0.39 is 7.12 Å². The molecule has 0 amide bonds. The van der Waals surface area contributed by atoms with E-state index >= 15 is 0 Å². The van der Waals surface area contributed by atoms with Crippen LogP contribution in [0.4, 0.5) is 0 Å². The predicted octanol–water partition coefficient (Wildman–Crippen LogP) is 0.900. The Morgan fingerprint density at radius 2 is 1.85 bits per heavy atom. The molecule has 1 aromatic carbocycles. The Morgan fingerprint density at radius 1 is 1.23 bits per heavy atom. The van der Waals surface area contributed by atoms with Crippen LogP contribution in [0.25, 0.3) is 0 Å². The van der Waals surface area contributed by atoms with E-state index in [0.717, 1.165) is 0 Å². The Hall–Kier alpha value is -0.0351. The van der Waals surface area contributed by atoms with Crippen molar-refractivity contribution in [3.8, 4) is 5.75 Å². The van der Waals surface area contributed by atoms with Crippen molar-refractivity contribution in [3.05, 3.63) is 21.1 Å².